The van der Waals surface area contributed by atoms with Crippen LogP contribution < -0.4 is 26.1 Å². The summed E-state index contributed by atoms with van der Waals surface area (Å²) in [5.41, 5.74) is 13.6. The standard InChI is InChI=1S/C24H22FN3O4.C21H19N3O3S.CH4O3S.2H2O/c1-3-24(31)14-6-18-21-12(8-28(18)22(29)13(14)9-32-23(24)30)19-16(26)5-4-11-10(2)15(25)7-17(27-21)20(11)19;1-27-20-13-14(24-28(2,25)26)11-12-19(20)23-21-15-7-3-5-9-17(15)22-18-10-6-4-8-16(18)21;1-5(2,3)4;;/h6-7,16,31H,3-5,8-9,26H2,1-2H3;3-13,24H,1-2H3,(H,22,23);1H3,(H,2,3,4);2*1H2. The number of nitrogens with zero attached hydrogens (tertiary/aromatic N) is 3. The van der Waals surface area contributed by atoms with Gasteiger partial charge >= 0.3 is 5.97 Å². The number of aryl methyl sites for hydroxylation is 1. The van der Waals surface area contributed by atoms with Gasteiger partial charge in [0.25, 0.3) is 15.7 Å². The number of carbonyl (C=O) groups is 1. The second kappa shape index (κ2) is 18.6. The number of esters is 1. The summed E-state index contributed by atoms with van der Waals surface area (Å²) in [5, 5.41) is 17.3. The smallest absolute Gasteiger partial charge is 0.343 e. The van der Waals surface area contributed by atoms with Gasteiger partial charge in [0.05, 0.1) is 76.7 Å². The number of cyclic esters (lactones) is 1. The first-order chi connectivity index (χ1) is 30.7. The van der Waals surface area contributed by atoms with Crippen LogP contribution in [-0.2, 0) is 54.8 Å². The first-order valence-electron chi connectivity index (χ1n) is 20.4. The van der Waals surface area contributed by atoms with Crippen molar-refractivity contribution in [3.63, 3.8) is 0 Å². The highest BCUT2D eigenvalue weighted by atomic mass is 32.2. The molecule has 10 rings (SSSR count). The summed E-state index contributed by atoms with van der Waals surface area (Å²) in [6, 6.07) is 23.8. The van der Waals surface area contributed by atoms with Gasteiger partial charge in [-0.15, -0.1) is 0 Å². The van der Waals surface area contributed by atoms with Crippen molar-refractivity contribution in [3.8, 4) is 17.1 Å². The molecule has 4 aromatic carbocycles. The third-order valence-electron chi connectivity index (χ3n) is 11.8. The normalized spacial score (nSPS) is 16.7. The number of rotatable bonds is 6. The minimum Gasteiger partial charge on any atom is -0.494 e. The van der Waals surface area contributed by atoms with Crippen LogP contribution in [0.2, 0.25) is 0 Å². The molecule has 1 aliphatic carbocycles. The largest absolute Gasteiger partial charge is 0.494 e. The molecule has 0 bridgehead atoms. The number of methoxy groups -OCH3 is 1. The predicted octanol–water partition coefficient (Wildman–Crippen LogP) is 4.84. The number of ether oxygens (including phenoxy) is 2. The highest BCUT2D eigenvalue weighted by molar-refractivity contribution is 7.92. The van der Waals surface area contributed by atoms with E-state index < -0.39 is 31.7 Å². The first kappa shape index (κ1) is 49.8. The highest BCUT2D eigenvalue weighted by Gasteiger charge is 2.46. The Morgan fingerprint density at radius 1 is 0.925 bits per heavy atom. The molecule has 0 spiro atoms. The Hall–Kier alpha value is -6.59. The molecule has 0 fully saturated rings. The second-order valence-corrected chi connectivity index (χ2v) is 19.3. The lowest BCUT2D eigenvalue weighted by atomic mass is 9.82. The monoisotopic (exact) mass is 960 g/mol. The molecule has 18 nitrogen and oxygen atoms in total. The number of halogens is 1. The van der Waals surface area contributed by atoms with E-state index in [0.29, 0.717) is 53.0 Å². The summed E-state index contributed by atoms with van der Waals surface area (Å²) in [6.45, 7) is 3.55. The molecule has 10 N–H and O–H groups in total. The molecule has 0 amide bonds. The third-order valence-corrected chi connectivity index (χ3v) is 12.4. The zero-order valence-corrected chi connectivity index (χ0v) is 38.5. The fraction of sp³-hybridized carbons (Fsp3) is 0.261. The minimum atomic E-state index is -3.67. The summed E-state index contributed by atoms with van der Waals surface area (Å²) in [7, 11) is -5.48. The molecule has 2 atom stereocenters. The summed E-state index contributed by atoms with van der Waals surface area (Å²) in [6.07, 6.45) is 3.26. The van der Waals surface area contributed by atoms with Gasteiger partial charge in [-0.3, -0.25) is 14.1 Å². The van der Waals surface area contributed by atoms with Crippen molar-refractivity contribution in [2.24, 2.45) is 5.73 Å². The second-order valence-electron chi connectivity index (χ2n) is 16.1. The molecule has 354 valence electrons. The van der Waals surface area contributed by atoms with Gasteiger partial charge in [0.1, 0.15) is 18.2 Å². The van der Waals surface area contributed by atoms with Crippen molar-refractivity contribution in [3.05, 3.63) is 128 Å². The van der Waals surface area contributed by atoms with Gasteiger partial charge in [0, 0.05) is 45.5 Å². The molecule has 2 aliphatic heterocycles. The zero-order valence-electron chi connectivity index (χ0n) is 36.9. The van der Waals surface area contributed by atoms with Gasteiger partial charge in [-0.05, 0) is 73.2 Å². The van der Waals surface area contributed by atoms with E-state index in [1.165, 1.54) is 6.07 Å². The topological polar surface area (TPSA) is 305 Å². The number of aliphatic hydroxyl groups is 1. The molecule has 0 saturated carbocycles. The van der Waals surface area contributed by atoms with E-state index in [2.05, 4.69) is 10.0 Å². The Labute approximate surface area is 384 Å². The number of carbonyl (C=O) groups excluding carboxylic acids is 1. The van der Waals surface area contributed by atoms with E-state index in [-0.39, 0.29) is 59.1 Å². The number of anilines is 3. The number of benzene rings is 4. The van der Waals surface area contributed by atoms with Crippen LogP contribution in [0.5, 0.6) is 5.75 Å². The third kappa shape index (κ3) is 9.39. The lowest BCUT2D eigenvalue weighted by Crippen LogP contribution is -2.44. The van der Waals surface area contributed by atoms with Gasteiger partial charge in [0.2, 0.25) is 10.0 Å². The van der Waals surface area contributed by atoms with Gasteiger partial charge in [-0.1, -0.05) is 43.3 Å². The minimum absolute atomic E-state index is 0. The maximum absolute atomic E-state index is 14.7. The van der Waals surface area contributed by atoms with Gasteiger partial charge < -0.3 is 41.2 Å². The van der Waals surface area contributed by atoms with Crippen LogP contribution >= 0.6 is 0 Å². The van der Waals surface area contributed by atoms with E-state index >= 15 is 0 Å². The van der Waals surface area contributed by atoms with Gasteiger partial charge in [0.15, 0.2) is 5.60 Å². The number of fused-ring (bicyclic) bond motifs is 7. The van der Waals surface area contributed by atoms with Crippen LogP contribution in [0.4, 0.5) is 21.5 Å². The average molecular weight is 961 g/mol. The Kier molecular flexibility index (Phi) is 13.8. The number of hydrogen-bond acceptors (Lipinski definition) is 13. The van der Waals surface area contributed by atoms with Crippen molar-refractivity contribution in [1.82, 2.24) is 14.5 Å². The molecule has 0 radical (unpaired) electrons. The van der Waals surface area contributed by atoms with Crippen molar-refractivity contribution in [2.75, 3.05) is 29.7 Å². The summed E-state index contributed by atoms with van der Waals surface area (Å²) in [4.78, 5) is 35.2. The number of sulfonamides is 1. The molecule has 0 saturated heterocycles. The van der Waals surface area contributed by atoms with Crippen molar-refractivity contribution >= 4 is 75.9 Å². The number of para-hydroxylation sites is 2. The van der Waals surface area contributed by atoms with Crippen molar-refractivity contribution in [2.45, 2.75) is 57.9 Å². The van der Waals surface area contributed by atoms with Crippen molar-refractivity contribution < 1.29 is 56.1 Å². The summed E-state index contributed by atoms with van der Waals surface area (Å²) < 4.78 is 78.2. The molecular weight excluding hydrogens is 912 g/mol. The molecule has 67 heavy (non-hydrogen) atoms. The van der Waals surface area contributed by atoms with Crippen LogP contribution in [0.25, 0.3) is 44.1 Å². The van der Waals surface area contributed by atoms with Crippen molar-refractivity contribution in [1.29, 1.82) is 0 Å². The molecule has 7 aromatic rings. The molecule has 3 aromatic heterocycles. The summed E-state index contributed by atoms with van der Waals surface area (Å²) in [5.74, 6) is -0.551. The first-order valence-corrected chi connectivity index (χ1v) is 24.1. The predicted molar refractivity (Wildman–Crippen MR) is 253 cm³/mol. The Bertz CT molecular complexity index is 3360. The molecule has 2 unspecified atom stereocenters. The molecule has 3 aliphatic rings. The van der Waals surface area contributed by atoms with Crippen LogP contribution in [0, 0.1) is 12.7 Å². The van der Waals surface area contributed by atoms with Crippen LogP contribution in [0.1, 0.15) is 59.2 Å². The fourth-order valence-electron chi connectivity index (χ4n) is 8.77. The van der Waals surface area contributed by atoms with E-state index in [0.717, 1.165) is 61.5 Å². The number of hydrogen-bond donors (Lipinski definition) is 5. The fourth-order valence-corrected chi connectivity index (χ4v) is 9.33. The molecule has 5 heterocycles. The SMILES string of the molecule is CCC1(O)C(=O)OCc2c1cc1n(c2=O)Cc2c-1nc1cc(F)c(C)c3c1c2C(N)CC3.COc1cc(NS(C)(=O)=O)ccc1Nc1c2ccccc2nc2ccccc12.CS(=O)(=O)O.O.O. The quantitative estimate of drug-likeness (QED) is 0.0847. The van der Waals surface area contributed by atoms with Crippen LogP contribution in [-0.4, -0.2) is 77.6 Å². The van der Waals surface area contributed by atoms with E-state index in [1.807, 2.05) is 48.5 Å². The number of nitrogens with two attached hydrogens (primary N) is 1. The Morgan fingerprint density at radius 2 is 1.55 bits per heavy atom. The lowest BCUT2D eigenvalue weighted by molar-refractivity contribution is -0.172. The van der Waals surface area contributed by atoms with E-state index in [1.54, 1.807) is 49.8 Å². The van der Waals surface area contributed by atoms with E-state index in [9.17, 15) is 35.9 Å². The summed E-state index contributed by atoms with van der Waals surface area (Å²) >= 11 is 0. The Morgan fingerprint density at radius 3 is 2.15 bits per heavy atom. The maximum atomic E-state index is 14.7. The number of nitrogens with one attached hydrogen (secondary N) is 2. The number of pyridine rings is 3. The highest BCUT2D eigenvalue weighted by Crippen LogP contribution is 2.45. The van der Waals surface area contributed by atoms with Crippen LogP contribution in [0.3, 0.4) is 0 Å². The Balaban J connectivity index is 0.000000197. The lowest BCUT2D eigenvalue weighted by Gasteiger charge is -2.31. The zero-order chi connectivity index (χ0) is 46.7. The maximum Gasteiger partial charge on any atom is 0.343 e. The number of aromatic nitrogens is 3. The van der Waals surface area contributed by atoms with Gasteiger partial charge in [-0.2, -0.15) is 8.42 Å². The van der Waals surface area contributed by atoms with Gasteiger partial charge in [-0.25, -0.2) is 27.6 Å². The molecular formula is C46H49FN6O12S2. The van der Waals surface area contributed by atoms with E-state index in [4.69, 9.17) is 29.7 Å². The van der Waals surface area contributed by atoms with Crippen LogP contribution in [0.15, 0.2) is 83.7 Å². The molecule has 21 heteroatoms. The average Bonchev–Trinajstić information content (AvgIpc) is 3.62.